The maximum Gasteiger partial charge on any atom is 0.162 e. The summed E-state index contributed by atoms with van der Waals surface area (Å²) < 4.78 is 24.5. The first-order valence-corrected chi connectivity index (χ1v) is 24.4. The predicted octanol–water partition coefficient (Wildman–Crippen LogP) is 18.4. The Morgan fingerprint density at radius 3 is 1.61 bits per heavy atom. The van der Waals surface area contributed by atoms with Gasteiger partial charge in [-0.25, -0.2) is 0 Å². The molecule has 67 heavy (non-hydrogen) atoms. The van der Waals surface area contributed by atoms with Gasteiger partial charge in [0, 0.05) is 48.7 Å². The Balaban J connectivity index is 1.08. The van der Waals surface area contributed by atoms with Crippen molar-refractivity contribution in [1.29, 1.82) is 0 Å². The van der Waals surface area contributed by atoms with Crippen molar-refractivity contribution in [3.05, 3.63) is 169 Å². The Hall–Kier alpha value is -7.76. The maximum absolute atomic E-state index is 7.44. The minimum atomic E-state index is 0.519. The fraction of sp³-hybridized carbons (Fsp3) is 0.161. The molecule has 320 valence electrons. The van der Waals surface area contributed by atoms with Gasteiger partial charge < -0.3 is 22.7 Å². The molecule has 2 fully saturated rings. The van der Waals surface area contributed by atoms with Crippen molar-refractivity contribution < 1.29 is 13.3 Å². The summed E-state index contributed by atoms with van der Waals surface area (Å²) in [6.45, 7) is 0. The molecule has 13 aromatic rings. The van der Waals surface area contributed by atoms with Crippen LogP contribution in [0.5, 0.6) is 0 Å². The van der Waals surface area contributed by atoms with Gasteiger partial charge in [-0.3, -0.25) is 0 Å². The number of aromatic nitrogens is 1. The minimum absolute atomic E-state index is 0.519. The minimum Gasteiger partial charge on any atom is -0.454 e. The first kappa shape index (κ1) is 36.5. The molecule has 4 aromatic heterocycles. The van der Waals surface area contributed by atoms with Gasteiger partial charge in [0.25, 0.3) is 0 Å². The topological polar surface area (TPSA) is 47.6 Å². The van der Waals surface area contributed by atoms with Crippen molar-refractivity contribution in [2.45, 2.75) is 63.2 Å². The van der Waals surface area contributed by atoms with Crippen molar-refractivity contribution >= 4 is 115 Å². The highest BCUT2D eigenvalue weighted by Gasteiger charge is 2.35. The van der Waals surface area contributed by atoms with Gasteiger partial charge >= 0.3 is 0 Å². The van der Waals surface area contributed by atoms with Crippen LogP contribution in [-0.2, 0) is 0 Å². The number of para-hydroxylation sites is 6. The second-order valence-electron chi connectivity index (χ2n) is 19.5. The lowest BCUT2D eigenvalue weighted by molar-refractivity contribution is 0.641. The summed E-state index contributed by atoms with van der Waals surface area (Å²) in [5.41, 5.74) is 16.9. The van der Waals surface area contributed by atoms with Crippen molar-refractivity contribution in [3.8, 4) is 16.8 Å². The fourth-order valence-corrected chi connectivity index (χ4v) is 13.3. The van der Waals surface area contributed by atoms with Crippen molar-refractivity contribution in [2.24, 2.45) is 0 Å². The molecule has 0 atom stereocenters. The highest BCUT2D eigenvalue weighted by Crippen LogP contribution is 2.59. The van der Waals surface area contributed by atoms with Crippen LogP contribution in [0.15, 0.2) is 171 Å². The van der Waals surface area contributed by atoms with Crippen LogP contribution in [0.3, 0.4) is 0 Å². The molecule has 2 saturated carbocycles. The second kappa shape index (κ2) is 13.4. The molecule has 0 unspecified atom stereocenters. The SMILES string of the molecule is c1ccc2c(c1)-c1cccc3c1c(c1oc4cccc5c6ccccc6n(-c6cccc7c6oc6c(C8CCCC8)cccc67)c3c1c45)N2c1cccc2c1oc1c(C3CCCC3)cccc12. The third kappa shape index (κ3) is 4.78. The van der Waals surface area contributed by atoms with Crippen LogP contribution in [0.1, 0.15) is 74.3 Å². The van der Waals surface area contributed by atoms with Crippen LogP contribution in [-0.4, -0.2) is 4.57 Å². The third-order valence-corrected chi connectivity index (χ3v) is 16.2. The molecule has 0 radical (unpaired) electrons. The first-order chi connectivity index (χ1) is 33.3. The predicted molar refractivity (Wildman–Crippen MR) is 276 cm³/mol. The quantitative estimate of drug-likeness (QED) is 0.177. The summed E-state index contributed by atoms with van der Waals surface area (Å²) in [4.78, 5) is 2.46. The molecule has 0 amide bonds. The summed E-state index contributed by atoms with van der Waals surface area (Å²) in [6, 6.07) is 58.2. The van der Waals surface area contributed by atoms with Gasteiger partial charge in [-0.2, -0.15) is 0 Å². The molecule has 16 rings (SSSR count). The van der Waals surface area contributed by atoms with E-state index < -0.39 is 0 Å². The molecule has 2 aliphatic carbocycles. The van der Waals surface area contributed by atoms with E-state index in [-0.39, 0.29) is 0 Å². The second-order valence-corrected chi connectivity index (χ2v) is 19.5. The van der Waals surface area contributed by atoms with Crippen LogP contribution < -0.4 is 4.90 Å². The fourth-order valence-electron chi connectivity index (χ4n) is 13.3. The maximum atomic E-state index is 7.44. The molecule has 5 nitrogen and oxygen atoms in total. The van der Waals surface area contributed by atoms with E-state index in [1.807, 2.05) is 0 Å². The number of fused-ring (bicyclic) bond motifs is 12. The van der Waals surface area contributed by atoms with Crippen LogP contribution >= 0.6 is 0 Å². The summed E-state index contributed by atoms with van der Waals surface area (Å²) in [5, 5.41) is 11.4. The van der Waals surface area contributed by atoms with Gasteiger partial charge in [-0.05, 0) is 89.9 Å². The largest absolute Gasteiger partial charge is 0.454 e. The van der Waals surface area contributed by atoms with Crippen LogP contribution in [0.2, 0.25) is 0 Å². The monoisotopic (exact) mass is 864 g/mol. The summed E-state index contributed by atoms with van der Waals surface area (Å²) in [7, 11) is 0. The Morgan fingerprint density at radius 2 is 0.881 bits per heavy atom. The van der Waals surface area contributed by atoms with E-state index >= 15 is 0 Å². The third-order valence-electron chi connectivity index (χ3n) is 16.2. The summed E-state index contributed by atoms with van der Waals surface area (Å²) >= 11 is 0. The van der Waals surface area contributed by atoms with Crippen LogP contribution in [0, 0.1) is 0 Å². The van der Waals surface area contributed by atoms with Crippen LogP contribution in [0.4, 0.5) is 17.1 Å². The Bertz CT molecular complexity index is 4260. The zero-order valence-corrected chi connectivity index (χ0v) is 36.9. The van der Waals surface area contributed by atoms with Crippen molar-refractivity contribution in [1.82, 2.24) is 4.57 Å². The molecule has 0 N–H and O–H groups in total. The van der Waals surface area contributed by atoms with E-state index in [1.54, 1.807) is 0 Å². The van der Waals surface area contributed by atoms with E-state index in [0.717, 1.165) is 110 Å². The number of hydrogen-bond donors (Lipinski definition) is 0. The summed E-state index contributed by atoms with van der Waals surface area (Å²) in [5.74, 6) is 1.04. The number of anilines is 3. The standard InChI is InChI=1S/C62H44N2O3/c1-2-16-35(15-1)37-21-9-25-43-45-27-12-32-50(60(45)66-58(37)43)63-48-30-7-6-20-40(48)42-24-14-34-52-54(42)55-56(63)47-29-11-23-41-39-19-5-8-31-49(39)64(57(53(41)47)62(55)65-52)51-33-13-28-46-44-26-10-22-38(36-17-3-4-18-36)59(44)67-61(46)51/h5-14,19-36H,1-4,15-18H2. The van der Waals surface area contributed by atoms with Gasteiger partial charge in [0.05, 0.1) is 39.2 Å². The van der Waals surface area contributed by atoms with Gasteiger partial charge in [-0.15, -0.1) is 0 Å². The van der Waals surface area contributed by atoms with E-state index in [4.69, 9.17) is 13.3 Å². The molecule has 9 aromatic carbocycles. The highest BCUT2D eigenvalue weighted by atomic mass is 16.3. The molecule has 3 aliphatic rings. The van der Waals surface area contributed by atoms with Crippen molar-refractivity contribution in [3.63, 3.8) is 0 Å². The van der Waals surface area contributed by atoms with E-state index in [9.17, 15) is 0 Å². The zero-order valence-electron chi connectivity index (χ0n) is 36.9. The number of rotatable bonds is 4. The number of furan rings is 3. The molecule has 0 bridgehead atoms. The molecular weight excluding hydrogens is 821 g/mol. The lowest BCUT2D eigenvalue weighted by Crippen LogP contribution is -2.16. The van der Waals surface area contributed by atoms with Gasteiger partial charge in [0.1, 0.15) is 16.7 Å². The number of nitrogens with zero attached hydrogens (tertiary/aromatic N) is 2. The molecular formula is C62H44N2O3. The first-order valence-electron chi connectivity index (χ1n) is 24.4. The highest BCUT2D eigenvalue weighted by molar-refractivity contribution is 6.37. The Labute approximate surface area is 385 Å². The van der Waals surface area contributed by atoms with Crippen LogP contribution in [0.25, 0.3) is 115 Å². The molecule has 0 saturated heterocycles. The lowest BCUT2D eigenvalue weighted by atomic mass is 9.88. The number of hydrogen-bond acceptors (Lipinski definition) is 4. The van der Waals surface area contributed by atoms with Gasteiger partial charge in [0.2, 0.25) is 0 Å². The molecule has 0 spiro atoms. The lowest BCUT2D eigenvalue weighted by Gasteiger charge is -2.33. The van der Waals surface area contributed by atoms with E-state index in [2.05, 4.69) is 167 Å². The average molecular weight is 865 g/mol. The molecule has 5 heteroatoms. The Kier molecular flexibility index (Phi) is 7.30. The molecule has 1 aliphatic heterocycles. The Morgan fingerprint density at radius 1 is 0.358 bits per heavy atom. The smallest absolute Gasteiger partial charge is 0.162 e. The van der Waals surface area contributed by atoms with Crippen molar-refractivity contribution in [2.75, 3.05) is 4.90 Å². The van der Waals surface area contributed by atoms with Gasteiger partial charge in [0.15, 0.2) is 16.7 Å². The number of benzene rings is 9. The van der Waals surface area contributed by atoms with E-state index in [0.29, 0.717) is 11.8 Å². The summed E-state index contributed by atoms with van der Waals surface area (Å²) in [6.07, 6.45) is 9.93. The normalized spacial score (nSPS) is 15.7. The van der Waals surface area contributed by atoms with E-state index in [1.165, 1.54) is 84.4 Å². The average Bonchev–Trinajstić information content (AvgIpc) is 4.24. The van der Waals surface area contributed by atoms with Gasteiger partial charge in [-0.1, -0.05) is 153 Å². The zero-order chi connectivity index (χ0) is 43.5. The molecule has 5 heterocycles.